The number of nitrogens with one attached hydrogen (secondary N) is 2. The average molecular weight is 357 g/mol. The van der Waals surface area contributed by atoms with Crippen molar-refractivity contribution in [2.24, 2.45) is 5.92 Å². The molecule has 1 aromatic carbocycles. The lowest BCUT2D eigenvalue weighted by Gasteiger charge is -2.24. The molecule has 24 heavy (non-hydrogen) atoms. The van der Waals surface area contributed by atoms with E-state index in [0.717, 1.165) is 5.56 Å². The largest absolute Gasteiger partial charge is 0.466 e. The van der Waals surface area contributed by atoms with Crippen molar-refractivity contribution < 1.29 is 19.1 Å². The van der Waals surface area contributed by atoms with Crippen molar-refractivity contribution in [1.29, 1.82) is 0 Å². The summed E-state index contributed by atoms with van der Waals surface area (Å²) in [6.07, 6.45) is 0.536. The average Bonchev–Trinajstić information content (AvgIpc) is 2.60. The quantitative estimate of drug-likeness (QED) is 0.711. The van der Waals surface area contributed by atoms with E-state index in [-0.39, 0.29) is 36.9 Å². The molecule has 0 radical (unpaired) electrons. The monoisotopic (exact) mass is 356 g/mol. The topological polar surface area (TPSA) is 76.7 Å². The first-order valence-corrected chi connectivity index (χ1v) is 8.00. The predicted molar refractivity (Wildman–Crippen MR) is 93.1 cm³/mol. The molecule has 0 saturated carbocycles. The minimum Gasteiger partial charge on any atom is -0.466 e. The molecule has 1 aromatic rings. The van der Waals surface area contributed by atoms with Gasteiger partial charge in [0.15, 0.2) is 0 Å². The molecule has 0 bridgehead atoms. The molecular weight excluding hydrogens is 332 g/mol. The fourth-order valence-electron chi connectivity index (χ4n) is 2.48. The Labute approximate surface area is 148 Å². The number of ether oxygens (including phenoxy) is 2. The summed E-state index contributed by atoms with van der Waals surface area (Å²) in [5.74, 6) is -0.831. The van der Waals surface area contributed by atoms with Crippen LogP contribution in [0.4, 0.5) is 0 Å². The van der Waals surface area contributed by atoms with Crippen LogP contribution in [0.2, 0.25) is 0 Å². The summed E-state index contributed by atoms with van der Waals surface area (Å²) >= 11 is 0. The first kappa shape index (κ1) is 20.4. The molecule has 2 N–H and O–H groups in total. The molecule has 0 aromatic heterocycles. The maximum Gasteiger partial charge on any atom is 0.311 e. The fourth-order valence-corrected chi connectivity index (χ4v) is 2.48. The highest BCUT2D eigenvalue weighted by Crippen LogP contribution is 2.10. The molecule has 134 valence electrons. The van der Waals surface area contributed by atoms with Crippen LogP contribution in [0.5, 0.6) is 0 Å². The van der Waals surface area contributed by atoms with E-state index in [1.165, 1.54) is 0 Å². The molecular formula is C17H25ClN2O4. The molecule has 2 rings (SSSR count). The molecule has 2 atom stereocenters. The Kier molecular flexibility index (Phi) is 9.37. The predicted octanol–water partition coefficient (Wildman–Crippen LogP) is 0.935. The van der Waals surface area contributed by atoms with Gasteiger partial charge in [0.2, 0.25) is 5.91 Å². The van der Waals surface area contributed by atoms with Gasteiger partial charge in [-0.1, -0.05) is 30.3 Å². The molecule has 1 saturated heterocycles. The summed E-state index contributed by atoms with van der Waals surface area (Å²) in [7, 11) is 0. The van der Waals surface area contributed by atoms with E-state index in [0.29, 0.717) is 32.8 Å². The standard InChI is InChI=1S/C17H24N2O4.ClH/c1-2-23-17(21)14(10-13-6-4-3-5-7-13)11-19-16(20)15-12-22-9-8-18-15;/h3-7,14-15,18H,2,8-12H2,1H3,(H,19,20);1H. The molecule has 2 unspecified atom stereocenters. The van der Waals surface area contributed by atoms with E-state index in [1.54, 1.807) is 6.92 Å². The Bertz CT molecular complexity index is 507. The number of morpholine rings is 1. The third kappa shape index (κ3) is 6.47. The van der Waals surface area contributed by atoms with Gasteiger partial charge in [-0.05, 0) is 18.9 Å². The van der Waals surface area contributed by atoms with Crippen LogP contribution in [-0.4, -0.2) is 50.8 Å². The van der Waals surface area contributed by atoms with Crippen molar-refractivity contribution >= 4 is 24.3 Å². The van der Waals surface area contributed by atoms with Crippen LogP contribution in [0.3, 0.4) is 0 Å². The number of carbonyl (C=O) groups is 2. The lowest BCUT2D eigenvalue weighted by Crippen LogP contribution is -2.52. The number of hydrogen-bond donors (Lipinski definition) is 2. The number of rotatable bonds is 7. The number of hydrogen-bond acceptors (Lipinski definition) is 5. The van der Waals surface area contributed by atoms with Gasteiger partial charge in [0.05, 0.1) is 25.7 Å². The van der Waals surface area contributed by atoms with E-state index >= 15 is 0 Å². The Morgan fingerprint density at radius 2 is 2.12 bits per heavy atom. The molecule has 0 spiro atoms. The van der Waals surface area contributed by atoms with E-state index in [9.17, 15) is 9.59 Å². The molecule has 1 amide bonds. The van der Waals surface area contributed by atoms with Crippen LogP contribution >= 0.6 is 12.4 Å². The van der Waals surface area contributed by atoms with Crippen LogP contribution < -0.4 is 10.6 Å². The zero-order valence-electron chi connectivity index (χ0n) is 13.8. The summed E-state index contributed by atoms with van der Waals surface area (Å²) in [6, 6.07) is 9.36. The molecule has 7 heteroatoms. The van der Waals surface area contributed by atoms with Crippen LogP contribution in [0, 0.1) is 5.92 Å². The van der Waals surface area contributed by atoms with Crippen LogP contribution in [0.1, 0.15) is 12.5 Å². The zero-order chi connectivity index (χ0) is 16.5. The van der Waals surface area contributed by atoms with Gasteiger partial charge >= 0.3 is 5.97 Å². The number of halogens is 1. The normalized spacial score (nSPS) is 18.1. The second kappa shape index (κ2) is 11.0. The molecule has 1 heterocycles. The van der Waals surface area contributed by atoms with Gasteiger partial charge in [0.1, 0.15) is 6.04 Å². The van der Waals surface area contributed by atoms with Gasteiger partial charge in [0.25, 0.3) is 0 Å². The smallest absolute Gasteiger partial charge is 0.311 e. The highest BCUT2D eigenvalue weighted by atomic mass is 35.5. The highest BCUT2D eigenvalue weighted by molar-refractivity contribution is 5.85. The van der Waals surface area contributed by atoms with Gasteiger partial charge in [-0.15, -0.1) is 12.4 Å². The Morgan fingerprint density at radius 1 is 1.38 bits per heavy atom. The Hall–Kier alpha value is -1.63. The maximum absolute atomic E-state index is 12.1. The minimum atomic E-state index is -0.397. The number of esters is 1. The van der Waals surface area contributed by atoms with Gasteiger partial charge in [-0.2, -0.15) is 0 Å². The SMILES string of the molecule is CCOC(=O)C(CNC(=O)C1COCCN1)Cc1ccccc1.Cl. The van der Waals surface area contributed by atoms with Gasteiger partial charge in [-0.3, -0.25) is 9.59 Å². The third-order valence-corrected chi connectivity index (χ3v) is 3.71. The zero-order valence-corrected chi connectivity index (χ0v) is 14.6. The van der Waals surface area contributed by atoms with Crippen molar-refractivity contribution in [3.8, 4) is 0 Å². The summed E-state index contributed by atoms with van der Waals surface area (Å²) in [6.45, 7) is 3.99. The Balaban J connectivity index is 0.00000288. The van der Waals surface area contributed by atoms with Crippen molar-refractivity contribution in [3.63, 3.8) is 0 Å². The molecule has 0 aliphatic carbocycles. The fraction of sp³-hybridized carbons (Fsp3) is 0.529. The maximum atomic E-state index is 12.1. The molecule has 1 aliphatic heterocycles. The van der Waals surface area contributed by atoms with Crippen LogP contribution in [-0.2, 0) is 25.5 Å². The lowest BCUT2D eigenvalue weighted by molar-refractivity contribution is -0.148. The number of carbonyl (C=O) groups excluding carboxylic acids is 2. The number of benzene rings is 1. The van der Waals surface area contributed by atoms with Crippen LogP contribution in [0.15, 0.2) is 30.3 Å². The second-order valence-corrected chi connectivity index (χ2v) is 5.47. The van der Waals surface area contributed by atoms with Crippen molar-refractivity contribution in [2.75, 3.05) is 32.9 Å². The van der Waals surface area contributed by atoms with Crippen LogP contribution in [0.25, 0.3) is 0 Å². The first-order valence-electron chi connectivity index (χ1n) is 8.00. The van der Waals surface area contributed by atoms with Gasteiger partial charge in [0, 0.05) is 13.1 Å². The van der Waals surface area contributed by atoms with E-state index < -0.39 is 5.92 Å². The Morgan fingerprint density at radius 3 is 2.75 bits per heavy atom. The summed E-state index contributed by atoms with van der Waals surface area (Å²) in [4.78, 5) is 24.3. The van der Waals surface area contributed by atoms with E-state index in [4.69, 9.17) is 9.47 Å². The molecule has 1 fully saturated rings. The lowest BCUT2D eigenvalue weighted by atomic mass is 9.99. The second-order valence-electron chi connectivity index (χ2n) is 5.47. The third-order valence-electron chi connectivity index (χ3n) is 3.71. The summed E-state index contributed by atoms with van der Waals surface area (Å²) in [5.41, 5.74) is 1.04. The van der Waals surface area contributed by atoms with Gasteiger partial charge in [-0.25, -0.2) is 0 Å². The summed E-state index contributed by atoms with van der Waals surface area (Å²) in [5, 5.41) is 5.92. The highest BCUT2D eigenvalue weighted by Gasteiger charge is 2.25. The van der Waals surface area contributed by atoms with E-state index in [1.807, 2.05) is 30.3 Å². The van der Waals surface area contributed by atoms with Crippen molar-refractivity contribution in [3.05, 3.63) is 35.9 Å². The van der Waals surface area contributed by atoms with Crippen molar-refractivity contribution in [2.45, 2.75) is 19.4 Å². The number of amides is 1. The minimum absolute atomic E-state index is 0. The van der Waals surface area contributed by atoms with E-state index in [2.05, 4.69) is 10.6 Å². The van der Waals surface area contributed by atoms with Gasteiger partial charge < -0.3 is 20.1 Å². The summed E-state index contributed by atoms with van der Waals surface area (Å²) < 4.78 is 10.4. The molecule has 1 aliphatic rings. The first-order chi connectivity index (χ1) is 11.2. The van der Waals surface area contributed by atoms with Crippen molar-refractivity contribution in [1.82, 2.24) is 10.6 Å². The molecule has 6 nitrogen and oxygen atoms in total.